The van der Waals surface area contributed by atoms with Crippen molar-refractivity contribution in [2.24, 2.45) is 16.7 Å². The number of piperazine rings is 1. The fraction of sp³-hybridized carbons (Fsp3) is 0.481. The summed E-state index contributed by atoms with van der Waals surface area (Å²) in [6.07, 6.45) is 3.10. The first-order valence-electron chi connectivity index (χ1n) is 24.3. The number of hydrogen-bond donors (Lipinski definition) is 2. The van der Waals surface area contributed by atoms with Gasteiger partial charge in [-0.15, -0.1) is 11.3 Å². The summed E-state index contributed by atoms with van der Waals surface area (Å²) in [5.74, 6) is 0.916. The van der Waals surface area contributed by atoms with Gasteiger partial charge in [-0.05, 0) is 92.9 Å². The number of benzene rings is 3. The lowest BCUT2D eigenvalue weighted by atomic mass is 9.49. The van der Waals surface area contributed by atoms with Crippen LogP contribution < -0.4 is 20.3 Å². The number of ether oxygens (including phenoxy) is 1. The van der Waals surface area contributed by atoms with Gasteiger partial charge in [0.25, 0.3) is 5.91 Å². The van der Waals surface area contributed by atoms with Gasteiger partial charge in [0.1, 0.15) is 29.9 Å². The number of hydrogen-bond acceptors (Lipinski definition) is 11. The number of carbonyl (C=O) groups excluding carboxylic acids is 3. The molecule has 1 saturated carbocycles. The number of nitrogens with one attached hydrogen (secondary N) is 2. The van der Waals surface area contributed by atoms with Crippen LogP contribution in [0.4, 0.5) is 5.82 Å². The molecule has 0 spiro atoms. The summed E-state index contributed by atoms with van der Waals surface area (Å²) in [7, 11) is 0. The maximum atomic E-state index is 14.3. The second-order valence-corrected chi connectivity index (χ2v) is 21.8. The van der Waals surface area contributed by atoms with Crippen LogP contribution in [0.2, 0.25) is 5.02 Å². The molecule has 5 aromatic rings. The smallest absolute Gasteiger partial charge is 0.251 e. The first kappa shape index (κ1) is 49.7. The number of anilines is 1. The predicted molar refractivity (Wildman–Crippen MR) is 270 cm³/mol. The number of rotatable bonds is 16. The molecular weight excluding hydrogens is 908 g/mol. The molecule has 13 nitrogen and oxygen atoms in total. The number of halogens is 1. The van der Waals surface area contributed by atoms with E-state index in [4.69, 9.17) is 20.9 Å². The van der Waals surface area contributed by atoms with Crippen LogP contribution >= 0.6 is 22.9 Å². The molecule has 3 fully saturated rings. The summed E-state index contributed by atoms with van der Waals surface area (Å²) in [6, 6.07) is 24.4. The Balaban J connectivity index is 0.779. The summed E-state index contributed by atoms with van der Waals surface area (Å²) in [5.41, 5.74) is 6.48. The van der Waals surface area contributed by atoms with Gasteiger partial charge < -0.3 is 29.7 Å². The minimum Gasteiger partial charge on any atom is -0.489 e. The maximum Gasteiger partial charge on any atom is 0.251 e. The van der Waals surface area contributed by atoms with E-state index in [9.17, 15) is 19.6 Å². The number of likely N-dealkylation sites (tertiary alicyclic amines) is 1. The summed E-state index contributed by atoms with van der Waals surface area (Å²) < 4.78 is 12.3. The Kier molecular flexibility index (Phi) is 14.9. The minimum atomic E-state index is -0.553. The van der Waals surface area contributed by atoms with Gasteiger partial charge in [0.15, 0.2) is 11.6 Å². The van der Waals surface area contributed by atoms with Crippen LogP contribution in [0.3, 0.4) is 0 Å². The third kappa shape index (κ3) is 10.6. The summed E-state index contributed by atoms with van der Waals surface area (Å²) >= 11 is 7.88. The van der Waals surface area contributed by atoms with E-state index >= 15 is 0 Å². The summed E-state index contributed by atoms with van der Waals surface area (Å²) in [6.45, 7) is 21.2. The zero-order valence-electron chi connectivity index (χ0n) is 41.1. The van der Waals surface area contributed by atoms with Crippen LogP contribution in [-0.4, -0.2) is 95.1 Å². The highest BCUT2D eigenvalue weighted by Gasteiger charge is 2.64. The zero-order chi connectivity index (χ0) is 49.2. The highest BCUT2D eigenvalue weighted by molar-refractivity contribution is 7.13. The molecule has 364 valence electrons. The molecule has 0 unspecified atom stereocenters. The number of carbonyl (C=O) groups is 3. The Labute approximate surface area is 415 Å². The summed E-state index contributed by atoms with van der Waals surface area (Å²) in [4.78, 5) is 53.5. The Morgan fingerprint density at radius 3 is 2.30 bits per heavy atom. The monoisotopic (exact) mass is 972 g/mol. The first-order valence-corrected chi connectivity index (χ1v) is 25.5. The van der Waals surface area contributed by atoms with E-state index in [1.54, 1.807) is 34.4 Å². The molecule has 3 aliphatic rings. The van der Waals surface area contributed by atoms with Crippen molar-refractivity contribution in [2.75, 3.05) is 44.2 Å². The van der Waals surface area contributed by atoms with Gasteiger partial charge in [-0.25, -0.2) is 4.98 Å². The third-order valence-electron chi connectivity index (χ3n) is 14.7. The highest BCUT2D eigenvalue weighted by atomic mass is 35.5. The van der Waals surface area contributed by atoms with Crippen LogP contribution in [-0.2, 0) is 16.0 Å². The molecule has 8 rings (SSSR count). The molecule has 69 heavy (non-hydrogen) atoms. The van der Waals surface area contributed by atoms with E-state index in [1.165, 1.54) is 5.56 Å². The van der Waals surface area contributed by atoms with Gasteiger partial charge in [0, 0.05) is 67.3 Å². The predicted octanol–water partition coefficient (Wildman–Crippen LogP) is 9.61. The molecule has 2 aromatic heterocycles. The van der Waals surface area contributed by atoms with Crippen molar-refractivity contribution < 1.29 is 23.6 Å². The molecule has 3 aromatic carbocycles. The molecule has 2 N–H and O–H groups in total. The van der Waals surface area contributed by atoms with Crippen molar-refractivity contribution in [3.63, 3.8) is 0 Å². The Bertz CT molecular complexity index is 2650. The van der Waals surface area contributed by atoms with Crippen molar-refractivity contribution in [3.8, 4) is 22.3 Å². The largest absolute Gasteiger partial charge is 0.489 e. The Morgan fingerprint density at radius 2 is 1.67 bits per heavy atom. The quantitative estimate of drug-likeness (QED) is 0.0976. The average Bonchev–Trinajstić information content (AvgIpc) is 4.13. The van der Waals surface area contributed by atoms with Gasteiger partial charge in [0.05, 0.1) is 32.7 Å². The van der Waals surface area contributed by atoms with E-state index in [0.717, 1.165) is 79.5 Å². The molecule has 1 aliphatic carbocycles. The molecule has 3 atom stereocenters. The lowest BCUT2D eigenvalue weighted by Crippen LogP contribution is -2.74. The number of nitrogens with zero attached hydrogens (tertiary/aromatic N) is 6. The Hall–Kier alpha value is -5.75. The van der Waals surface area contributed by atoms with Crippen molar-refractivity contribution in [1.29, 1.82) is 5.26 Å². The fourth-order valence-corrected chi connectivity index (χ4v) is 12.1. The second-order valence-electron chi connectivity index (χ2n) is 20.5. The van der Waals surface area contributed by atoms with Crippen LogP contribution in [0, 0.1) is 35.0 Å². The fourth-order valence-electron chi connectivity index (χ4n) is 11.0. The van der Waals surface area contributed by atoms with E-state index < -0.39 is 12.0 Å². The van der Waals surface area contributed by atoms with E-state index in [0.29, 0.717) is 40.6 Å². The number of aryl methyl sites for hydroxylation is 2. The van der Waals surface area contributed by atoms with Crippen molar-refractivity contribution in [2.45, 2.75) is 111 Å². The standard InChI is InChI=1S/C54H65ClN8O5S/c1-33(2)46(50(66)63-24-10-12-43(63)49(65)58-34(3)37-17-19-38(20-18-37)47-35(4)57-32-69-47)44-30-45(60-68-44)62-27-25-61(26-28-62)23-9-11-36-13-15-39(16-14-36)48(64)59-51-53(5,6)52(54(51,7)8)67-41-22-21-40(31-56)42(55)29-41/h13-22,29-30,32-34,43,46,51-52H,9-12,23-28H2,1-8H3,(H,58,65)(H,59,64)/t34-,43-,46-,51?,52?/m0/s1. The Morgan fingerprint density at radius 1 is 0.957 bits per heavy atom. The topological polar surface area (TPSA) is 157 Å². The average molecular weight is 974 g/mol. The highest BCUT2D eigenvalue weighted by Crippen LogP contribution is 2.55. The minimum absolute atomic E-state index is 0.0582. The molecule has 3 amide bonds. The van der Waals surface area contributed by atoms with Crippen molar-refractivity contribution in [3.05, 3.63) is 117 Å². The van der Waals surface area contributed by atoms with E-state index in [2.05, 4.69) is 76.5 Å². The van der Waals surface area contributed by atoms with Crippen LogP contribution in [0.5, 0.6) is 5.75 Å². The number of thiazole rings is 1. The van der Waals surface area contributed by atoms with Crippen LogP contribution in [0.15, 0.2) is 82.8 Å². The lowest BCUT2D eigenvalue weighted by molar-refractivity contribution is -0.164. The third-order valence-corrected chi connectivity index (χ3v) is 15.9. The maximum absolute atomic E-state index is 14.3. The molecule has 0 bridgehead atoms. The van der Waals surface area contributed by atoms with E-state index in [-0.39, 0.29) is 52.7 Å². The van der Waals surface area contributed by atoms with Gasteiger partial charge in [-0.3, -0.25) is 19.3 Å². The molecule has 2 saturated heterocycles. The second kappa shape index (κ2) is 20.7. The summed E-state index contributed by atoms with van der Waals surface area (Å²) in [5, 5.41) is 20.5. The van der Waals surface area contributed by atoms with Gasteiger partial charge in [-0.1, -0.05) is 94.7 Å². The van der Waals surface area contributed by atoms with Crippen molar-refractivity contribution in [1.82, 2.24) is 30.6 Å². The van der Waals surface area contributed by atoms with Gasteiger partial charge in [-0.2, -0.15) is 5.26 Å². The normalized spacial score (nSPS) is 20.7. The first-order chi connectivity index (χ1) is 33.0. The van der Waals surface area contributed by atoms with Crippen molar-refractivity contribution >= 4 is 46.5 Å². The SMILES string of the molecule is Cc1ncsc1-c1ccc([C@H](C)NC(=O)[C@@H]2CCCN2C(=O)[C@H](c2cc(N3CCN(CCCc4ccc(C(=O)NC5C(C)(C)C(Oc6ccc(C#N)c(Cl)c6)C5(C)C)cc4)CC3)no2)C(C)C)cc1. The van der Waals surface area contributed by atoms with Gasteiger partial charge >= 0.3 is 0 Å². The van der Waals surface area contributed by atoms with E-state index in [1.807, 2.05) is 75.7 Å². The van der Waals surface area contributed by atoms with Crippen LogP contribution in [0.1, 0.15) is 118 Å². The van der Waals surface area contributed by atoms with Crippen LogP contribution in [0.25, 0.3) is 10.4 Å². The number of aromatic nitrogens is 2. The molecular formula is C54H65ClN8O5S. The number of amides is 3. The lowest BCUT2D eigenvalue weighted by Gasteiger charge is -2.63. The van der Waals surface area contributed by atoms with Gasteiger partial charge in [0.2, 0.25) is 11.8 Å². The molecule has 0 radical (unpaired) electrons. The molecule has 2 aliphatic heterocycles. The molecule has 15 heteroatoms. The zero-order valence-corrected chi connectivity index (χ0v) is 42.6. The molecule has 4 heterocycles. The number of nitriles is 1.